The first-order valence-corrected chi connectivity index (χ1v) is 6.38. The highest BCUT2D eigenvalue weighted by Crippen LogP contribution is 2.13. The van der Waals surface area contributed by atoms with Gasteiger partial charge in [-0.05, 0) is 24.6 Å². The van der Waals surface area contributed by atoms with Crippen LogP contribution in [0.5, 0.6) is 0 Å². The van der Waals surface area contributed by atoms with Crippen molar-refractivity contribution < 1.29 is 0 Å². The molecule has 2 heterocycles. The lowest BCUT2D eigenvalue weighted by molar-refractivity contribution is 0.785. The van der Waals surface area contributed by atoms with E-state index in [1.165, 1.54) is 5.56 Å². The number of hydrogen-bond donors (Lipinski definition) is 3. The summed E-state index contributed by atoms with van der Waals surface area (Å²) < 4.78 is 0. The second kappa shape index (κ2) is 6.75. The fourth-order valence-electron chi connectivity index (χ4n) is 1.76. The number of hydrogen-bond acceptors (Lipinski definition) is 5. The number of aromatic nitrogens is 3. The van der Waals surface area contributed by atoms with Crippen molar-refractivity contribution in [1.82, 2.24) is 15.0 Å². The summed E-state index contributed by atoms with van der Waals surface area (Å²) in [5.74, 6) is 1.73. The van der Waals surface area contributed by atoms with Gasteiger partial charge in [-0.15, -0.1) is 0 Å². The molecule has 0 amide bonds. The Morgan fingerprint density at radius 2 is 2.32 bits per heavy atom. The normalized spacial score (nSPS) is 10.4. The molecule has 2 aromatic rings. The summed E-state index contributed by atoms with van der Waals surface area (Å²) in [5.41, 5.74) is 6.70. The predicted octanol–water partition coefficient (Wildman–Crippen LogP) is 1.20. The summed E-state index contributed by atoms with van der Waals surface area (Å²) in [6.07, 6.45) is 6.39. The van der Waals surface area contributed by atoms with Crippen molar-refractivity contribution in [2.75, 3.05) is 30.4 Å². The Balaban J connectivity index is 1.94. The maximum atomic E-state index is 5.51. The van der Waals surface area contributed by atoms with Crippen LogP contribution in [0.15, 0.2) is 30.9 Å². The highest BCUT2D eigenvalue weighted by atomic mass is 15.2. The van der Waals surface area contributed by atoms with Crippen LogP contribution in [0.1, 0.15) is 12.0 Å². The smallest absolute Gasteiger partial charge is 0.133 e. The van der Waals surface area contributed by atoms with Crippen molar-refractivity contribution in [1.29, 1.82) is 0 Å². The maximum absolute atomic E-state index is 5.51. The topological polar surface area (TPSA) is 82.9 Å². The van der Waals surface area contributed by atoms with Gasteiger partial charge in [-0.1, -0.05) is 0 Å². The summed E-state index contributed by atoms with van der Waals surface area (Å²) in [5, 5.41) is 3.28. The summed E-state index contributed by atoms with van der Waals surface area (Å²) in [4.78, 5) is 13.6. The van der Waals surface area contributed by atoms with Gasteiger partial charge in [0.25, 0.3) is 0 Å². The lowest BCUT2D eigenvalue weighted by atomic mass is 10.3. The third-order valence-corrected chi connectivity index (χ3v) is 2.88. The lowest BCUT2D eigenvalue weighted by Crippen LogP contribution is -2.22. The zero-order valence-electron chi connectivity index (χ0n) is 11.1. The first kappa shape index (κ1) is 13.4. The molecule has 6 heteroatoms. The molecule has 4 N–H and O–H groups in total. The van der Waals surface area contributed by atoms with Gasteiger partial charge in [-0.25, -0.2) is 9.97 Å². The minimum absolute atomic E-state index is 0.689. The molecular weight excluding hydrogens is 240 g/mol. The average molecular weight is 260 g/mol. The summed E-state index contributed by atoms with van der Waals surface area (Å²) in [6, 6.07) is 3.98. The Labute approximate surface area is 113 Å². The molecule has 2 rings (SSSR count). The van der Waals surface area contributed by atoms with Crippen molar-refractivity contribution in [2.45, 2.75) is 13.0 Å². The van der Waals surface area contributed by atoms with E-state index in [2.05, 4.69) is 25.2 Å². The van der Waals surface area contributed by atoms with Crippen molar-refractivity contribution in [3.05, 3.63) is 36.4 Å². The van der Waals surface area contributed by atoms with Crippen molar-refractivity contribution in [3.8, 4) is 0 Å². The molecule has 2 aromatic heterocycles. The van der Waals surface area contributed by atoms with E-state index in [0.29, 0.717) is 6.54 Å². The molecule has 0 unspecified atom stereocenters. The molecule has 0 aliphatic heterocycles. The zero-order chi connectivity index (χ0) is 13.5. The van der Waals surface area contributed by atoms with Crippen LogP contribution in [0.3, 0.4) is 0 Å². The van der Waals surface area contributed by atoms with Gasteiger partial charge in [-0.3, -0.25) is 0 Å². The van der Waals surface area contributed by atoms with E-state index in [0.717, 1.165) is 31.1 Å². The van der Waals surface area contributed by atoms with Crippen molar-refractivity contribution in [3.63, 3.8) is 0 Å². The van der Waals surface area contributed by atoms with Gasteiger partial charge in [0, 0.05) is 38.6 Å². The van der Waals surface area contributed by atoms with Gasteiger partial charge in [0.1, 0.15) is 18.0 Å². The lowest BCUT2D eigenvalue weighted by Gasteiger charge is -2.18. The van der Waals surface area contributed by atoms with Crippen LogP contribution >= 0.6 is 0 Å². The average Bonchev–Trinajstić information content (AvgIpc) is 2.96. The summed E-state index contributed by atoms with van der Waals surface area (Å²) in [7, 11) is 2.01. The SMILES string of the molecule is CN(CCCN)c1cc(NCc2cc[nH]c2)ncn1. The van der Waals surface area contributed by atoms with Gasteiger partial charge in [0.05, 0.1) is 0 Å². The Bertz CT molecular complexity index is 482. The molecule has 0 saturated heterocycles. The molecule has 0 saturated carbocycles. The number of aromatic amines is 1. The van der Waals surface area contributed by atoms with E-state index in [-0.39, 0.29) is 0 Å². The summed E-state index contributed by atoms with van der Waals surface area (Å²) in [6.45, 7) is 2.32. The molecule has 19 heavy (non-hydrogen) atoms. The molecule has 0 bridgehead atoms. The second-order valence-corrected chi connectivity index (χ2v) is 4.40. The van der Waals surface area contributed by atoms with E-state index >= 15 is 0 Å². The van der Waals surface area contributed by atoms with E-state index in [9.17, 15) is 0 Å². The largest absolute Gasteiger partial charge is 0.367 e. The van der Waals surface area contributed by atoms with Crippen LogP contribution < -0.4 is 16.0 Å². The second-order valence-electron chi connectivity index (χ2n) is 4.40. The number of rotatable bonds is 7. The monoisotopic (exact) mass is 260 g/mol. The molecule has 0 aromatic carbocycles. The molecule has 0 radical (unpaired) electrons. The van der Waals surface area contributed by atoms with Gasteiger partial charge in [0.2, 0.25) is 0 Å². The highest BCUT2D eigenvalue weighted by molar-refractivity contribution is 5.48. The fraction of sp³-hybridized carbons (Fsp3) is 0.385. The molecule has 0 spiro atoms. The number of nitrogens with two attached hydrogens (primary N) is 1. The van der Waals surface area contributed by atoms with E-state index in [1.54, 1.807) is 6.33 Å². The molecule has 0 atom stereocenters. The van der Waals surface area contributed by atoms with Gasteiger partial charge in [-0.2, -0.15) is 0 Å². The Morgan fingerprint density at radius 3 is 3.05 bits per heavy atom. The summed E-state index contributed by atoms with van der Waals surface area (Å²) >= 11 is 0. The van der Waals surface area contributed by atoms with Gasteiger partial charge >= 0.3 is 0 Å². The number of nitrogens with one attached hydrogen (secondary N) is 2. The Hall–Kier alpha value is -2.08. The van der Waals surface area contributed by atoms with E-state index in [4.69, 9.17) is 5.73 Å². The van der Waals surface area contributed by atoms with Crippen LogP contribution in [0.25, 0.3) is 0 Å². The first-order valence-electron chi connectivity index (χ1n) is 6.38. The van der Waals surface area contributed by atoms with Gasteiger partial charge < -0.3 is 20.9 Å². The molecule has 0 aliphatic carbocycles. The van der Waals surface area contributed by atoms with E-state index in [1.807, 2.05) is 31.6 Å². The third-order valence-electron chi connectivity index (χ3n) is 2.88. The van der Waals surface area contributed by atoms with Crippen molar-refractivity contribution >= 4 is 11.6 Å². The fourth-order valence-corrected chi connectivity index (χ4v) is 1.76. The Morgan fingerprint density at radius 1 is 1.42 bits per heavy atom. The molecule has 102 valence electrons. The molecular formula is C13H20N6. The van der Waals surface area contributed by atoms with Crippen LogP contribution in [0.4, 0.5) is 11.6 Å². The standard InChI is InChI=1S/C13H20N6/c1-19(6-2-4-14)13-7-12(17-10-18-13)16-9-11-3-5-15-8-11/h3,5,7-8,10,15H,2,4,6,9,14H2,1H3,(H,16,17,18). The van der Waals surface area contributed by atoms with Crippen LogP contribution in [0.2, 0.25) is 0 Å². The van der Waals surface area contributed by atoms with E-state index < -0.39 is 0 Å². The number of nitrogens with zero attached hydrogens (tertiary/aromatic N) is 3. The third kappa shape index (κ3) is 3.96. The minimum Gasteiger partial charge on any atom is -0.367 e. The molecule has 0 aliphatic rings. The van der Waals surface area contributed by atoms with Crippen LogP contribution in [-0.4, -0.2) is 35.1 Å². The van der Waals surface area contributed by atoms with Crippen LogP contribution in [-0.2, 0) is 6.54 Å². The zero-order valence-corrected chi connectivity index (χ0v) is 11.1. The van der Waals surface area contributed by atoms with Gasteiger partial charge in [0.15, 0.2) is 0 Å². The number of H-pyrrole nitrogens is 1. The first-order chi connectivity index (χ1) is 9.29. The Kier molecular flexibility index (Phi) is 4.74. The van der Waals surface area contributed by atoms with Crippen LogP contribution in [0, 0.1) is 0 Å². The molecule has 0 fully saturated rings. The quantitative estimate of drug-likeness (QED) is 0.697. The predicted molar refractivity (Wildman–Crippen MR) is 77.1 cm³/mol. The molecule has 6 nitrogen and oxygen atoms in total. The highest BCUT2D eigenvalue weighted by Gasteiger charge is 2.04. The maximum Gasteiger partial charge on any atom is 0.133 e. The van der Waals surface area contributed by atoms with Crippen molar-refractivity contribution in [2.24, 2.45) is 5.73 Å². The number of anilines is 2. The minimum atomic E-state index is 0.689.